The normalized spacial score (nSPS) is 22.6. The molecule has 2 atom stereocenters. The molecule has 2 unspecified atom stereocenters. The first kappa shape index (κ1) is 10.5. The van der Waals surface area contributed by atoms with E-state index < -0.39 is 4.92 Å². The number of aromatic nitrogens is 1. The third kappa shape index (κ3) is 1.86. The van der Waals surface area contributed by atoms with Crippen molar-refractivity contribution in [3.05, 3.63) is 34.1 Å². The second-order valence-electron chi connectivity index (χ2n) is 3.80. The molecule has 0 radical (unpaired) electrons. The van der Waals surface area contributed by atoms with Crippen LogP contribution in [-0.2, 0) is 4.79 Å². The average Bonchev–Trinajstić information content (AvgIpc) is 3.08. The number of carbonyl (C=O) groups excluding carboxylic acids is 1. The third-order valence-corrected chi connectivity index (χ3v) is 2.76. The molecule has 0 aliphatic heterocycles. The van der Waals surface area contributed by atoms with Gasteiger partial charge < -0.3 is 5.32 Å². The van der Waals surface area contributed by atoms with Gasteiger partial charge in [-0.2, -0.15) is 0 Å². The minimum absolute atomic E-state index is 0.0171. The lowest BCUT2D eigenvalue weighted by Crippen LogP contribution is -2.20. The van der Waals surface area contributed by atoms with Gasteiger partial charge in [0.25, 0.3) is 5.69 Å². The van der Waals surface area contributed by atoms with E-state index in [1.165, 1.54) is 12.3 Å². The lowest BCUT2D eigenvalue weighted by Gasteiger charge is -1.99. The van der Waals surface area contributed by atoms with Gasteiger partial charge >= 0.3 is 0 Å². The number of nitrogens with one attached hydrogen (secondary N) is 1. The van der Waals surface area contributed by atoms with Crippen molar-refractivity contribution in [3.63, 3.8) is 0 Å². The molecule has 0 aromatic carbocycles. The molecule has 16 heavy (non-hydrogen) atoms. The van der Waals surface area contributed by atoms with Crippen LogP contribution in [0.4, 0.5) is 5.69 Å². The molecule has 84 valence electrons. The van der Waals surface area contributed by atoms with Gasteiger partial charge in [0.15, 0.2) is 0 Å². The molecule has 6 heteroatoms. The van der Waals surface area contributed by atoms with Crippen molar-refractivity contribution in [2.45, 2.75) is 12.3 Å². The highest BCUT2D eigenvalue weighted by Crippen LogP contribution is 2.47. The maximum atomic E-state index is 11.3. The van der Waals surface area contributed by atoms with Gasteiger partial charge in [0.1, 0.15) is 6.20 Å². The van der Waals surface area contributed by atoms with Crippen LogP contribution >= 0.6 is 0 Å². The summed E-state index contributed by atoms with van der Waals surface area (Å²) in [5.74, 6) is -0.00217. The zero-order valence-electron chi connectivity index (χ0n) is 8.71. The summed E-state index contributed by atoms with van der Waals surface area (Å²) >= 11 is 0. The Kier molecular flexibility index (Phi) is 2.55. The zero-order chi connectivity index (χ0) is 11.7. The Balaban J connectivity index is 2.15. The first-order valence-electron chi connectivity index (χ1n) is 4.94. The van der Waals surface area contributed by atoms with Crippen LogP contribution < -0.4 is 5.32 Å². The lowest BCUT2D eigenvalue weighted by atomic mass is 10.1. The molecule has 1 heterocycles. The summed E-state index contributed by atoms with van der Waals surface area (Å²) in [6.07, 6.45) is 3.53. The predicted octanol–water partition coefficient (Wildman–Crippen LogP) is 0.839. The summed E-state index contributed by atoms with van der Waals surface area (Å²) in [5, 5.41) is 13.1. The van der Waals surface area contributed by atoms with Gasteiger partial charge in [0.05, 0.1) is 4.92 Å². The van der Waals surface area contributed by atoms with Crippen molar-refractivity contribution in [2.75, 3.05) is 7.05 Å². The van der Waals surface area contributed by atoms with Crippen molar-refractivity contribution >= 4 is 11.6 Å². The molecule has 1 N–H and O–H groups in total. The average molecular weight is 221 g/mol. The van der Waals surface area contributed by atoms with Crippen molar-refractivity contribution < 1.29 is 9.72 Å². The zero-order valence-corrected chi connectivity index (χ0v) is 8.71. The quantitative estimate of drug-likeness (QED) is 0.605. The SMILES string of the molecule is CNC(=O)C1CC1c1cncc([N+](=O)[O-])c1. The van der Waals surface area contributed by atoms with Crippen LogP contribution in [0.15, 0.2) is 18.5 Å². The maximum Gasteiger partial charge on any atom is 0.287 e. The van der Waals surface area contributed by atoms with E-state index in [0.29, 0.717) is 0 Å². The molecular formula is C10H11N3O3. The molecular weight excluding hydrogens is 210 g/mol. The van der Waals surface area contributed by atoms with Crippen LogP contribution in [0, 0.1) is 16.0 Å². The number of pyridine rings is 1. The molecule has 0 spiro atoms. The second-order valence-corrected chi connectivity index (χ2v) is 3.80. The topological polar surface area (TPSA) is 85.1 Å². The number of nitrogens with zero attached hydrogens (tertiary/aromatic N) is 2. The Morgan fingerprint density at radius 2 is 2.38 bits per heavy atom. The Labute approximate surface area is 91.8 Å². The molecule has 1 aliphatic rings. The van der Waals surface area contributed by atoms with Gasteiger partial charge in [-0.05, 0) is 17.9 Å². The van der Waals surface area contributed by atoms with E-state index in [1.54, 1.807) is 13.2 Å². The summed E-state index contributed by atoms with van der Waals surface area (Å²) < 4.78 is 0. The van der Waals surface area contributed by atoms with E-state index in [2.05, 4.69) is 10.3 Å². The highest BCUT2D eigenvalue weighted by atomic mass is 16.6. The van der Waals surface area contributed by atoms with Gasteiger partial charge in [0, 0.05) is 25.2 Å². The fourth-order valence-corrected chi connectivity index (χ4v) is 1.79. The minimum Gasteiger partial charge on any atom is -0.359 e. The van der Waals surface area contributed by atoms with Crippen molar-refractivity contribution in [1.82, 2.24) is 10.3 Å². The van der Waals surface area contributed by atoms with Crippen LogP contribution in [0.5, 0.6) is 0 Å². The Morgan fingerprint density at radius 1 is 1.62 bits per heavy atom. The van der Waals surface area contributed by atoms with Gasteiger partial charge in [-0.25, -0.2) is 0 Å². The fraction of sp³-hybridized carbons (Fsp3) is 0.400. The third-order valence-electron chi connectivity index (χ3n) is 2.76. The van der Waals surface area contributed by atoms with Crippen molar-refractivity contribution in [2.24, 2.45) is 5.92 Å². The second kappa shape index (κ2) is 3.88. The summed E-state index contributed by atoms with van der Waals surface area (Å²) in [4.78, 5) is 25.2. The molecule has 1 amide bonds. The molecule has 6 nitrogen and oxygen atoms in total. The molecule has 0 bridgehead atoms. The van der Waals surface area contributed by atoms with Crippen LogP contribution in [0.25, 0.3) is 0 Å². The highest BCUT2D eigenvalue weighted by Gasteiger charge is 2.44. The summed E-state index contributed by atoms with van der Waals surface area (Å²) in [5.41, 5.74) is 0.739. The molecule has 0 saturated heterocycles. The van der Waals surface area contributed by atoms with Gasteiger partial charge in [-0.15, -0.1) is 0 Å². The summed E-state index contributed by atoms with van der Waals surface area (Å²) in [7, 11) is 1.59. The van der Waals surface area contributed by atoms with Gasteiger partial charge in [-0.3, -0.25) is 19.9 Å². The Morgan fingerprint density at radius 3 is 3.00 bits per heavy atom. The van der Waals surface area contributed by atoms with E-state index in [0.717, 1.165) is 12.0 Å². The van der Waals surface area contributed by atoms with Crippen molar-refractivity contribution in [3.8, 4) is 0 Å². The number of nitro groups is 1. The Hall–Kier alpha value is -1.98. The van der Waals surface area contributed by atoms with E-state index >= 15 is 0 Å². The van der Waals surface area contributed by atoms with E-state index in [4.69, 9.17) is 0 Å². The predicted molar refractivity (Wildman–Crippen MR) is 55.8 cm³/mol. The number of hydrogen-bond acceptors (Lipinski definition) is 4. The van der Waals surface area contributed by atoms with Crippen LogP contribution in [-0.4, -0.2) is 22.9 Å². The summed E-state index contributed by atoms with van der Waals surface area (Å²) in [6.45, 7) is 0. The number of carbonyl (C=O) groups is 1. The maximum absolute atomic E-state index is 11.3. The molecule has 1 saturated carbocycles. The van der Waals surface area contributed by atoms with E-state index in [1.807, 2.05) is 0 Å². The first-order chi connectivity index (χ1) is 7.63. The molecule has 1 fully saturated rings. The van der Waals surface area contributed by atoms with Crippen molar-refractivity contribution in [1.29, 1.82) is 0 Å². The van der Waals surface area contributed by atoms with Crippen LogP contribution in [0.2, 0.25) is 0 Å². The van der Waals surface area contributed by atoms with E-state index in [-0.39, 0.29) is 23.4 Å². The lowest BCUT2D eigenvalue weighted by molar-refractivity contribution is -0.385. The van der Waals surface area contributed by atoms with Crippen LogP contribution in [0.1, 0.15) is 17.9 Å². The molecule has 1 aromatic heterocycles. The van der Waals surface area contributed by atoms with Crippen LogP contribution in [0.3, 0.4) is 0 Å². The minimum atomic E-state index is -0.478. The van der Waals surface area contributed by atoms with Gasteiger partial charge in [-0.1, -0.05) is 0 Å². The standard InChI is InChI=1S/C10H11N3O3/c1-11-10(14)9-3-8(9)6-2-7(13(15)16)5-12-4-6/h2,4-5,8-9H,3H2,1H3,(H,11,14). The van der Waals surface area contributed by atoms with Gasteiger partial charge in [0.2, 0.25) is 5.91 Å². The highest BCUT2D eigenvalue weighted by molar-refractivity contribution is 5.82. The molecule has 2 rings (SSSR count). The smallest absolute Gasteiger partial charge is 0.287 e. The fourth-order valence-electron chi connectivity index (χ4n) is 1.79. The number of amides is 1. The molecule has 1 aromatic rings. The number of hydrogen-bond donors (Lipinski definition) is 1. The largest absolute Gasteiger partial charge is 0.359 e. The first-order valence-corrected chi connectivity index (χ1v) is 4.94. The monoisotopic (exact) mass is 221 g/mol. The Bertz CT molecular complexity index is 447. The molecule has 1 aliphatic carbocycles. The summed E-state index contributed by atoms with van der Waals surface area (Å²) in [6, 6.07) is 1.49. The van der Waals surface area contributed by atoms with E-state index in [9.17, 15) is 14.9 Å². The number of rotatable bonds is 3.